The highest BCUT2D eigenvalue weighted by Gasteiger charge is 2.32. The molecule has 18 rings (SSSR count). The first-order valence-corrected chi connectivity index (χ1v) is 50.2. The second-order valence-corrected chi connectivity index (χ2v) is 41.7. The maximum absolute atomic E-state index is 14.5. The summed E-state index contributed by atoms with van der Waals surface area (Å²) in [6.07, 6.45) is 9.88. The molecule has 0 saturated heterocycles. The van der Waals surface area contributed by atoms with Crippen LogP contribution in [0.5, 0.6) is 0 Å². The zero-order valence-electron chi connectivity index (χ0n) is 68.9. The van der Waals surface area contributed by atoms with Crippen LogP contribution < -0.4 is 0 Å². The third-order valence-corrected chi connectivity index (χ3v) is 28.9. The average Bonchev–Trinajstić information content (AvgIpc) is 1.64. The first-order valence-electron chi connectivity index (χ1n) is 39.1. The number of nitrogens with zero attached hydrogens (tertiary/aromatic N) is 8. The molecular weight excluding hydrogens is 1850 g/mol. The van der Waals surface area contributed by atoms with E-state index in [1.807, 2.05) is 111 Å². The number of carboxylic acids is 4. The number of benzene rings is 10. The van der Waals surface area contributed by atoms with Crippen LogP contribution in [0.3, 0.4) is 0 Å². The van der Waals surface area contributed by atoms with E-state index in [1.165, 1.54) is 109 Å². The van der Waals surface area contributed by atoms with E-state index in [0.717, 1.165) is 107 Å². The second-order valence-electron chi connectivity index (χ2n) is 30.3. The van der Waals surface area contributed by atoms with Gasteiger partial charge < -0.3 is 20.4 Å². The van der Waals surface area contributed by atoms with Crippen molar-refractivity contribution in [2.75, 3.05) is 25.0 Å². The zero-order valence-corrected chi connectivity index (χ0v) is 75.5. The number of hydrogen-bond donors (Lipinski definition) is 4. The van der Waals surface area contributed by atoms with E-state index in [1.54, 1.807) is 109 Å². The monoisotopic (exact) mass is 1920 g/mol. The van der Waals surface area contributed by atoms with Crippen molar-refractivity contribution in [3.8, 4) is 31.7 Å². The first kappa shape index (κ1) is 91.9. The van der Waals surface area contributed by atoms with E-state index in [9.17, 15) is 85.0 Å². The summed E-state index contributed by atoms with van der Waals surface area (Å²) < 4.78 is 170. The molecule has 0 aliphatic carbocycles. The largest absolute Gasteiger partial charge is 0.476 e. The number of aromatic carboxylic acids is 4. The number of hydrogen-bond acceptors (Lipinski definition) is 20. The van der Waals surface area contributed by atoms with Crippen molar-refractivity contribution in [3.63, 3.8) is 0 Å². The summed E-state index contributed by atoms with van der Waals surface area (Å²) in [5.41, 5.74) is 11.7. The van der Waals surface area contributed by atoms with E-state index >= 15 is 0 Å². The van der Waals surface area contributed by atoms with Gasteiger partial charge in [-0.2, -0.15) is 13.2 Å². The van der Waals surface area contributed by atoms with Gasteiger partial charge in [-0.1, -0.05) is 121 Å². The molecule has 0 amide bonds. The molecule has 10 aromatic carbocycles. The Labute approximate surface area is 760 Å². The molecule has 0 atom stereocenters. The van der Waals surface area contributed by atoms with Gasteiger partial charge in [0.25, 0.3) is 0 Å². The van der Waals surface area contributed by atoms with Crippen LogP contribution in [0.25, 0.3) is 75.3 Å². The van der Waals surface area contributed by atoms with Gasteiger partial charge in [0.05, 0.1) is 47.2 Å². The summed E-state index contributed by atoms with van der Waals surface area (Å²) in [4.78, 5) is 62.7. The number of sulfone groups is 4. The predicted molar refractivity (Wildman–Crippen MR) is 493 cm³/mol. The molecule has 0 unspecified atom stereocenters. The molecule has 24 nitrogen and oxygen atoms in total. The number of thiazole rings is 4. The summed E-state index contributed by atoms with van der Waals surface area (Å²) in [6.45, 7) is 0. The maximum atomic E-state index is 14.5. The molecule has 8 aromatic heterocycles. The number of carboxylic acid groups (broad SMARTS) is 4. The highest BCUT2D eigenvalue weighted by atomic mass is 32.2. The lowest BCUT2D eigenvalue weighted by Crippen LogP contribution is -2.05. The Balaban J connectivity index is 0.000000134. The van der Waals surface area contributed by atoms with E-state index < -0.39 is 75.0 Å². The van der Waals surface area contributed by atoms with Crippen molar-refractivity contribution in [2.24, 2.45) is 0 Å². The van der Waals surface area contributed by atoms with Crippen LogP contribution in [-0.2, 0) is 77.6 Å². The van der Waals surface area contributed by atoms with Crippen molar-refractivity contribution in [1.82, 2.24) is 38.2 Å². The van der Waals surface area contributed by atoms with E-state index in [2.05, 4.69) is 19.9 Å². The Bertz CT molecular complexity index is 7980. The van der Waals surface area contributed by atoms with E-state index in [4.69, 9.17) is 10.2 Å². The number of para-hydroxylation sites is 1. The molecule has 4 N–H and O–H groups in total. The lowest BCUT2D eigenvalue weighted by Gasteiger charge is -2.08. The summed E-state index contributed by atoms with van der Waals surface area (Å²) in [5.74, 6) is -5.05. The number of rotatable bonds is 23. The number of halogens is 5. The van der Waals surface area contributed by atoms with Gasteiger partial charge in [-0.15, -0.1) is 45.3 Å². The second kappa shape index (κ2) is 37.4. The molecule has 8 heterocycles. The molecule has 18 aromatic rings. The van der Waals surface area contributed by atoms with E-state index in [-0.39, 0.29) is 59.7 Å². The van der Waals surface area contributed by atoms with Gasteiger partial charge >= 0.3 is 30.1 Å². The van der Waals surface area contributed by atoms with Gasteiger partial charge in [0, 0.05) is 105 Å². The third kappa shape index (κ3) is 21.1. The fourth-order valence-electron chi connectivity index (χ4n) is 14.6. The Morgan fingerprint density at radius 1 is 0.321 bits per heavy atom. The van der Waals surface area contributed by atoms with Crippen LogP contribution in [0.1, 0.15) is 103 Å². The molecule has 0 bridgehead atoms. The average molecular weight is 1920 g/mol. The Morgan fingerprint density at radius 2 is 0.626 bits per heavy atom. The molecule has 37 heteroatoms. The summed E-state index contributed by atoms with van der Waals surface area (Å²) >= 11 is 4.73. The van der Waals surface area contributed by atoms with Crippen LogP contribution in [0.2, 0.25) is 0 Å². The number of aromatic nitrogens is 8. The minimum atomic E-state index is -4.54. The van der Waals surface area contributed by atoms with Crippen molar-refractivity contribution in [1.29, 1.82) is 0 Å². The van der Waals surface area contributed by atoms with Gasteiger partial charge in [0.2, 0.25) is 0 Å². The van der Waals surface area contributed by atoms with Crippen molar-refractivity contribution in [2.45, 2.75) is 57.9 Å². The molecule has 0 radical (unpaired) electrons. The summed E-state index contributed by atoms with van der Waals surface area (Å²) in [6, 6.07) is 62.5. The highest BCUT2D eigenvalue weighted by molar-refractivity contribution is 7.91. The highest BCUT2D eigenvalue weighted by Crippen LogP contribution is 2.39. The van der Waals surface area contributed by atoms with Crippen LogP contribution >= 0.6 is 45.3 Å². The summed E-state index contributed by atoms with van der Waals surface area (Å²) in [7, 11) is -13.2. The molecule has 0 spiro atoms. The smallest absolute Gasteiger partial charge is 0.416 e. The van der Waals surface area contributed by atoms with Gasteiger partial charge in [0.15, 0.2) is 82.7 Å². The maximum Gasteiger partial charge on any atom is 0.416 e. The minimum Gasteiger partial charge on any atom is -0.476 e. The molecule has 0 aliphatic heterocycles. The van der Waals surface area contributed by atoms with Crippen molar-refractivity contribution in [3.05, 3.63) is 366 Å². The zero-order chi connectivity index (χ0) is 93.3. The Kier molecular flexibility index (Phi) is 26.2. The van der Waals surface area contributed by atoms with Crippen molar-refractivity contribution < 1.29 is 95.2 Å². The fourth-order valence-corrected chi connectivity index (χ4v) is 20.3. The van der Waals surface area contributed by atoms with Gasteiger partial charge in [-0.25, -0.2) is 81.6 Å². The fraction of sp³-hybridized carbons (Fsp3) is 0.106. The lowest BCUT2D eigenvalue weighted by molar-refractivity contribution is -0.137. The summed E-state index contributed by atoms with van der Waals surface area (Å²) in [5, 5.41) is 47.9. The minimum absolute atomic E-state index is 0.0223. The van der Waals surface area contributed by atoms with Gasteiger partial charge in [0.1, 0.15) is 11.6 Å². The molecule has 666 valence electrons. The molecule has 0 fully saturated rings. The first-order chi connectivity index (χ1) is 62.1. The topological polar surface area (TPSA) is 357 Å². The Morgan fingerprint density at radius 3 is 0.985 bits per heavy atom. The van der Waals surface area contributed by atoms with Gasteiger partial charge in [-0.3, -0.25) is 18.3 Å². The number of alkyl halides is 3. The van der Waals surface area contributed by atoms with Crippen LogP contribution in [0.4, 0.5) is 22.0 Å². The van der Waals surface area contributed by atoms with Crippen LogP contribution in [0.15, 0.2) is 290 Å². The van der Waals surface area contributed by atoms with Crippen molar-refractivity contribution >= 4 is 152 Å². The van der Waals surface area contributed by atoms with E-state index in [0.29, 0.717) is 80.0 Å². The molecule has 0 saturated carbocycles. The number of fused-ring (bicyclic) bond motifs is 4. The standard InChI is InChI=1S/C27H21FN2O4S2.C26H19FN2O4S2.C21H15F3N2O4S2.C20H16N2O4S2/c1-36(33,34)21-9-6-17(7-10-21)12-20-15-30(27-29-24(16-35-27)26(31)32)25-11-8-18(14-22(20)25)13-19-4-2-3-5-23(19)28;1-35(32,33)19-9-6-16(7-10-19)12-18-14-29(26-28-23(15-34-26)25(30)31)24-11-8-17(13-21(18)24)20-4-2-3-5-22(20)27;1-32(29,30)15-5-2-12(3-6-15)8-13-10-26(20-25-17(11-31-20)19(27)28)18-9-14(21(22,23)24)4-7-16(13)18;1-28(25,26)15-8-6-13(7-9-15)10-14-11-22(18-5-3-2-4-16(14)18)20-21-17(12-27-20)19(23)24/h2-11,14-16H,12-13H2,1H3,(H,31,32);2-11,13-15H,12H2,1H3,(H,30,31);2-7,9-11H,8H2,1H3,(H,27,28);2-9,11-12H,10H2,1H3,(H,23,24). The lowest BCUT2D eigenvalue weighted by atomic mass is 9.99. The van der Waals surface area contributed by atoms with Gasteiger partial charge in [-0.05, 0) is 190 Å². The molecule has 0 aliphatic rings. The number of carbonyl (C=O) groups is 4. The normalized spacial score (nSPS) is 11.9. The SMILES string of the molecule is CS(=O)(=O)c1ccc(Cc2cn(-c3nc(C(=O)O)cs3)c3cc(C(F)(F)F)ccc23)cc1.CS(=O)(=O)c1ccc(Cc2cn(-c3nc(C(=O)O)cs3)c3ccc(-c4ccccc4F)cc23)cc1.CS(=O)(=O)c1ccc(Cc2cn(-c3nc(C(=O)O)cs3)c3ccc(Cc4ccccc4F)cc23)cc1.CS(=O)(=O)c1ccc(Cc2cn(-c3nc(C(=O)O)cs3)c3ccccc23)cc1. The third-order valence-electron chi connectivity index (χ3n) is 21.0. The molecular formula is C94H71F5N8O16S8. The Hall–Kier alpha value is -13.8. The quantitative estimate of drug-likeness (QED) is 0.0432. The molecule has 131 heavy (non-hydrogen) atoms. The predicted octanol–water partition coefficient (Wildman–Crippen LogP) is 19.7. The van der Waals surface area contributed by atoms with Crippen LogP contribution in [0, 0.1) is 11.6 Å². The van der Waals surface area contributed by atoms with Crippen LogP contribution in [-0.4, -0.2) is 141 Å².